The number of ether oxygens (including phenoxy) is 1. The molecule has 0 saturated carbocycles. The number of nitrogens with one attached hydrogen (secondary N) is 1. The van der Waals surface area contributed by atoms with Gasteiger partial charge in [-0.05, 0) is 19.2 Å². The lowest BCUT2D eigenvalue weighted by atomic mass is 10.2. The minimum absolute atomic E-state index is 0.268. The summed E-state index contributed by atoms with van der Waals surface area (Å²) < 4.78 is 7.83. The van der Waals surface area contributed by atoms with Gasteiger partial charge in [0.15, 0.2) is 0 Å². The molecule has 1 N–H and O–H groups in total. The first-order chi connectivity index (χ1) is 9.10. The Kier molecular flexibility index (Phi) is 3.71. The normalized spacial score (nSPS) is 10.9. The third-order valence-corrected chi connectivity index (χ3v) is 3.15. The maximum Gasteiger partial charge on any atom is 0.331 e. The summed E-state index contributed by atoms with van der Waals surface area (Å²) in [5.74, 6) is 0.620. The Hall–Kier alpha value is -2.08. The van der Waals surface area contributed by atoms with E-state index in [4.69, 9.17) is 4.74 Å². The molecule has 0 aliphatic heterocycles. The van der Waals surface area contributed by atoms with Crippen molar-refractivity contribution in [2.45, 2.75) is 6.54 Å². The van der Waals surface area contributed by atoms with Crippen LogP contribution in [0.5, 0.6) is 5.75 Å². The molecular formula is C13H17N3O3. The Morgan fingerprint density at radius 2 is 2.05 bits per heavy atom. The zero-order chi connectivity index (χ0) is 14.0. The molecule has 0 aliphatic rings. The summed E-state index contributed by atoms with van der Waals surface area (Å²) in [7, 11) is 4.98. The highest BCUT2D eigenvalue weighted by molar-refractivity contribution is 5.79. The van der Waals surface area contributed by atoms with Crippen LogP contribution in [0.1, 0.15) is 0 Å². The second kappa shape index (κ2) is 5.27. The molecule has 0 radical (unpaired) electrons. The number of hydrogen-bond acceptors (Lipinski definition) is 4. The number of rotatable bonds is 4. The first-order valence-electron chi connectivity index (χ1n) is 6.02. The van der Waals surface area contributed by atoms with Crippen molar-refractivity contribution < 1.29 is 4.74 Å². The minimum atomic E-state index is -0.319. The summed E-state index contributed by atoms with van der Waals surface area (Å²) in [6.45, 7) is 0.917. The van der Waals surface area contributed by atoms with Crippen LogP contribution in [-0.4, -0.2) is 29.8 Å². The summed E-state index contributed by atoms with van der Waals surface area (Å²) in [6, 6.07) is 5.10. The maximum absolute atomic E-state index is 12.3. The van der Waals surface area contributed by atoms with Gasteiger partial charge in [0.2, 0.25) is 0 Å². The topological polar surface area (TPSA) is 65.3 Å². The van der Waals surface area contributed by atoms with E-state index in [0.29, 0.717) is 29.7 Å². The number of methoxy groups -OCH3 is 1. The van der Waals surface area contributed by atoms with Crippen LogP contribution in [0.15, 0.2) is 27.8 Å². The molecule has 1 aromatic carbocycles. The van der Waals surface area contributed by atoms with E-state index in [1.165, 1.54) is 9.13 Å². The highest BCUT2D eigenvalue weighted by Crippen LogP contribution is 2.16. The fourth-order valence-corrected chi connectivity index (χ4v) is 2.03. The SMILES string of the molecule is CNCCn1c(=O)c2ccc(OC)cc2n(C)c1=O. The van der Waals surface area contributed by atoms with Gasteiger partial charge in [-0.2, -0.15) is 0 Å². The van der Waals surface area contributed by atoms with Crippen LogP contribution >= 0.6 is 0 Å². The molecule has 0 atom stereocenters. The van der Waals surface area contributed by atoms with Crippen molar-refractivity contribution in [3.05, 3.63) is 39.0 Å². The zero-order valence-corrected chi connectivity index (χ0v) is 11.3. The largest absolute Gasteiger partial charge is 0.497 e. The minimum Gasteiger partial charge on any atom is -0.497 e. The quantitative estimate of drug-likeness (QED) is 0.838. The standard InChI is InChI=1S/C13H17N3O3/c1-14-6-7-16-12(17)10-5-4-9(19-3)8-11(10)15(2)13(16)18/h4-5,8,14H,6-7H2,1-3H3. The molecule has 0 spiro atoms. The van der Waals surface area contributed by atoms with E-state index in [0.717, 1.165) is 0 Å². The lowest BCUT2D eigenvalue weighted by molar-refractivity contribution is 0.415. The lowest BCUT2D eigenvalue weighted by Gasteiger charge is -2.11. The maximum atomic E-state index is 12.3. The van der Waals surface area contributed by atoms with Crippen molar-refractivity contribution in [1.29, 1.82) is 0 Å². The number of aryl methyl sites for hydroxylation is 1. The van der Waals surface area contributed by atoms with E-state index in [1.54, 1.807) is 39.4 Å². The van der Waals surface area contributed by atoms with Crippen molar-refractivity contribution in [2.75, 3.05) is 20.7 Å². The molecule has 19 heavy (non-hydrogen) atoms. The molecule has 2 aromatic rings. The number of nitrogens with zero attached hydrogens (tertiary/aromatic N) is 2. The monoisotopic (exact) mass is 263 g/mol. The average molecular weight is 263 g/mol. The lowest BCUT2D eigenvalue weighted by Crippen LogP contribution is -2.40. The summed E-state index contributed by atoms with van der Waals surface area (Å²) in [6.07, 6.45) is 0. The summed E-state index contributed by atoms with van der Waals surface area (Å²) in [4.78, 5) is 24.5. The van der Waals surface area contributed by atoms with Crippen LogP contribution < -0.4 is 21.3 Å². The Balaban J connectivity index is 2.76. The number of likely N-dealkylation sites (N-methyl/N-ethyl adjacent to an activating group) is 1. The zero-order valence-electron chi connectivity index (χ0n) is 11.3. The molecular weight excluding hydrogens is 246 g/mol. The number of fused-ring (bicyclic) bond motifs is 1. The molecule has 0 saturated heterocycles. The third-order valence-electron chi connectivity index (χ3n) is 3.15. The molecule has 0 fully saturated rings. The molecule has 102 valence electrons. The Labute approximate surface area is 110 Å². The smallest absolute Gasteiger partial charge is 0.331 e. The molecule has 0 unspecified atom stereocenters. The van der Waals surface area contributed by atoms with Crippen LogP contribution in [0.2, 0.25) is 0 Å². The van der Waals surface area contributed by atoms with Crippen molar-refractivity contribution >= 4 is 10.9 Å². The fraction of sp³-hybridized carbons (Fsp3) is 0.385. The van der Waals surface area contributed by atoms with Crippen molar-refractivity contribution in [2.24, 2.45) is 7.05 Å². The van der Waals surface area contributed by atoms with Gasteiger partial charge < -0.3 is 10.1 Å². The van der Waals surface area contributed by atoms with Gasteiger partial charge >= 0.3 is 5.69 Å². The van der Waals surface area contributed by atoms with Crippen LogP contribution in [0.3, 0.4) is 0 Å². The van der Waals surface area contributed by atoms with E-state index in [2.05, 4.69) is 5.32 Å². The molecule has 0 bridgehead atoms. The second-order valence-corrected chi connectivity index (χ2v) is 4.29. The summed E-state index contributed by atoms with van der Waals surface area (Å²) in [5.41, 5.74) is -0.00735. The van der Waals surface area contributed by atoms with Gasteiger partial charge in [0.25, 0.3) is 5.56 Å². The molecule has 0 amide bonds. The van der Waals surface area contributed by atoms with Crippen molar-refractivity contribution in [1.82, 2.24) is 14.5 Å². The first-order valence-corrected chi connectivity index (χ1v) is 6.02. The predicted molar refractivity (Wildman–Crippen MR) is 73.9 cm³/mol. The van der Waals surface area contributed by atoms with Gasteiger partial charge in [0.05, 0.1) is 18.0 Å². The van der Waals surface area contributed by atoms with Crippen LogP contribution in [0.25, 0.3) is 10.9 Å². The second-order valence-electron chi connectivity index (χ2n) is 4.29. The molecule has 6 heteroatoms. The van der Waals surface area contributed by atoms with Gasteiger partial charge in [-0.1, -0.05) is 0 Å². The Morgan fingerprint density at radius 1 is 1.32 bits per heavy atom. The Bertz CT molecular complexity index is 715. The van der Waals surface area contributed by atoms with E-state index in [-0.39, 0.29) is 11.2 Å². The fourth-order valence-electron chi connectivity index (χ4n) is 2.03. The molecule has 1 heterocycles. The first kappa shape index (κ1) is 13.4. The van der Waals surface area contributed by atoms with E-state index in [9.17, 15) is 9.59 Å². The average Bonchev–Trinajstić information content (AvgIpc) is 2.44. The molecule has 6 nitrogen and oxygen atoms in total. The van der Waals surface area contributed by atoms with Gasteiger partial charge in [-0.25, -0.2) is 4.79 Å². The number of benzene rings is 1. The van der Waals surface area contributed by atoms with Gasteiger partial charge in [-0.15, -0.1) is 0 Å². The highest BCUT2D eigenvalue weighted by atomic mass is 16.5. The molecule has 1 aromatic heterocycles. The van der Waals surface area contributed by atoms with E-state index < -0.39 is 0 Å². The Morgan fingerprint density at radius 3 is 2.68 bits per heavy atom. The number of hydrogen-bond donors (Lipinski definition) is 1. The van der Waals surface area contributed by atoms with Crippen LogP contribution in [0, 0.1) is 0 Å². The van der Waals surface area contributed by atoms with E-state index in [1.807, 2.05) is 0 Å². The molecule has 0 aliphatic carbocycles. The summed E-state index contributed by atoms with van der Waals surface area (Å²) >= 11 is 0. The van der Waals surface area contributed by atoms with Crippen molar-refractivity contribution in [3.8, 4) is 5.75 Å². The van der Waals surface area contributed by atoms with Crippen molar-refractivity contribution in [3.63, 3.8) is 0 Å². The molecule has 2 rings (SSSR count). The van der Waals surface area contributed by atoms with Crippen LogP contribution in [-0.2, 0) is 13.6 Å². The highest BCUT2D eigenvalue weighted by Gasteiger charge is 2.11. The van der Waals surface area contributed by atoms with Gasteiger partial charge in [-0.3, -0.25) is 13.9 Å². The van der Waals surface area contributed by atoms with E-state index >= 15 is 0 Å². The third kappa shape index (κ3) is 2.26. The van der Waals surface area contributed by atoms with Gasteiger partial charge in [0.1, 0.15) is 5.75 Å². The van der Waals surface area contributed by atoms with Gasteiger partial charge in [0, 0.05) is 26.2 Å². The van der Waals surface area contributed by atoms with Crippen LogP contribution in [0.4, 0.5) is 0 Å². The summed E-state index contributed by atoms with van der Waals surface area (Å²) in [5, 5.41) is 3.44. The predicted octanol–water partition coefficient (Wildman–Crippen LogP) is -0.0718. The number of aromatic nitrogens is 2.